The standard InChI is InChI=1S/C16H20N6O/c1-10-14(11(2)21(3)20-10)13-8-23-7-6-22(13)16-12-4-5-17-15(12)18-9-19-16/h4-5,9,13H,6-8H2,1-3H3,(H,17,18,19)/t13-/m1/s1. The number of H-pyrrole nitrogens is 1. The second-order valence-electron chi connectivity index (χ2n) is 5.93. The second-order valence-corrected chi connectivity index (χ2v) is 5.93. The average molecular weight is 312 g/mol. The molecule has 4 rings (SSSR count). The van der Waals surface area contributed by atoms with Crippen molar-refractivity contribution >= 4 is 16.9 Å². The largest absolute Gasteiger partial charge is 0.377 e. The van der Waals surface area contributed by atoms with Crippen molar-refractivity contribution < 1.29 is 4.74 Å². The van der Waals surface area contributed by atoms with E-state index in [-0.39, 0.29) is 6.04 Å². The first-order valence-electron chi connectivity index (χ1n) is 7.79. The normalized spacial score (nSPS) is 18.7. The lowest BCUT2D eigenvalue weighted by atomic mass is 10.0. The summed E-state index contributed by atoms with van der Waals surface area (Å²) in [6.45, 7) is 6.30. The fourth-order valence-corrected chi connectivity index (χ4v) is 3.46. The first-order chi connectivity index (χ1) is 11.2. The van der Waals surface area contributed by atoms with Crippen molar-refractivity contribution in [2.75, 3.05) is 24.7 Å². The van der Waals surface area contributed by atoms with E-state index >= 15 is 0 Å². The molecule has 0 spiro atoms. The molecule has 120 valence electrons. The second kappa shape index (κ2) is 5.34. The van der Waals surface area contributed by atoms with Gasteiger partial charge in [-0.15, -0.1) is 0 Å². The zero-order valence-electron chi connectivity index (χ0n) is 13.6. The third-order valence-corrected chi connectivity index (χ3v) is 4.63. The molecule has 4 heterocycles. The lowest BCUT2D eigenvalue weighted by Gasteiger charge is -2.37. The molecule has 23 heavy (non-hydrogen) atoms. The van der Waals surface area contributed by atoms with E-state index in [1.54, 1.807) is 6.33 Å². The number of aryl methyl sites for hydroxylation is 2. The maximum Gasteiger partial charge on any atom is 0.142 e. The van der Waals surface area contributed by atoms with E-state index < -0.39 is 0 Å². The molecule has 0 unspecified atom stereocenters. The summed E-state index contributed by atoms with van der Waals surface area (Å²) in [7, 11) is 1.98. The van der Waals surface area contributed by atoms with Crippen LogP contribution in [-0.2, 0) is 11.8 Å². The Morgan fingerprint density at radius 2 is 2.17 bits per heavy atom. The van der Waals surface area contributed by atoms with Crippen LogP contribution in [0.1, 0.15) is 23.0 Å². The quantitative estimate of drug-likeness (QED) is 0.782. The van der Waals surface area contributed by atoms with E-state index in [1.807, 2.05) is 24.0 Å². The molecule has 0 bridgehead atoms. The monoisotopic (exact) mass is 312 g/mol. The minimum absolute atomic E-state index is 0.116. The van der Waals surface area contributed by atoms with Crippen LogP contribution >= 0.6 is 0 Å². The number of ether oxygens (including phenoxy) is 1. The molecule has 1 saturated heterocycles. The molecular formula is C16H20N6O. The van der Waals surface area contributed by atoms with Gasteiger partial charge in [-0.3, -0.25) is 4.68 Å². The molecule has 1 aliphatic rings. The van der Waals surface area contributed by atoms with Crippen molar-refractivity contribution in [3.05, 3.63) is 35.5 Å². The van der Waals surface area contributed by atoms with Gasteiger partial charge in [-0.2, -0.15) is 5.10 Å². The number of nitrogens with zero attached hydrogens (tertiary/aromatic N) is 5. The van der Waals surface area contributed by atoms with E-state index in [1.165, 1.54) is 11.3 Å². The van der Waals surface area contributed by atoms with Crippen molar-refractivity contribution in [3.8, 4) is 0 Å². The van der Waals surface area contributed by atoms with Crippen LogP contribution in [0.25, 0.3) is 11.0 Å². The Labute approximate surface area is 134 Å². The van der Waals surface area contributed by atoms with Crippen molar-refractivity contribution in [2.24, 2.45) is 7.05 Å². The number of hydrogen-bond donors (Lipinski definition) is 1. The molecular weight excluding hydrogens is 292 g/mol. The number of morpholine rings is 1. The average Bonchev–Trinajstić information content (AvgIpc) is 3.12. The van der Waals surface area contributed by atoms with Crippen molar-refractivity contribution in [1.29, 1.82) is 0 Å². The first kappa shape index (κ1) is 14.2. The van der Waals surface area contributed by atoms with Gasteiger partial charge < -0.3 is 14.6 Å². The summed E-state index contributed by atoms with van der Waals surface area (Å²) < 4.78 is 7.70. The number of aromatic amines is 1. The Morgan fingerprint density at radius 3 is 2.96 bits per heavy atom. The van der Waals surface area contributed by atoms with Gasteiger partial charge in [0.15, 0.2) is 0 Å². The summed E-state index contributed by atoms with van der Waals surface area (Å²) in [5.74, 6) is 0.951. The molecule has 0 aliphatic carbocycles. The Hall–Kier alpha value is -2.41. The number of aromatic nitrogens is 5. The molecule has 1 aliphatic heterocycles. The minimum Gasteiger partial charge on any atom is -0.377 e. The minimum atomic E-state index is 0.116. The topological polar surface area (TPSA) is 71.9 Å². The summed E-state index contributed by atoms with van der Waals surface area (Å²) in [5, 5.41) is 5.60. The third-order valence-electron chi connectivity index (χ3n) is 4.63. The van der Waals surface area contributed by atoms with E-state index in [4.69, 9.17) is 4.74 Å². The van der Waals surface area contributed by atoms with Gasteiger partial charge in [0.2, 0.25) is 0 Å². The Morgan fingerprint density at radius 1 is 1.30 bits per heavy atom. The number of rotatable bonds is 2. The SMILES string of the molecule is Cc1nn(C)c(C)c1[C@H]1COCCN1c1ncnc2[nH]ccc12. The number of fused-ring (bicyclic) bond motifs is 1. The molecule has 7 nitrogen and oxygen atoms in total. The number of anilines is 1. The summed E-state index contributed by atoms with van der Waals surface area (Å²) in [6.07, 6.45) is 3.52. The highest BCUT2D eigenvalue weighted by Gasteiger charge is 2.31. The van der Waals surface area contributed by atoms with Crippen molar-refractivity contribution in [2.45, 2.75) is 19.9 Å². The maximum atomic E-state index is 5.77. The Bertz CT molecular complexity index is 851. The molecule has 0 saturated carbocycles. The molecule has 1 fully saturated rings. The number of nitrogens with one attached hydrogen (secondary N) is 1. The van der Waals surface area contributed by atoms with Gasteiger partial charge >= 0.3 is 0 Å². The zero-order valence-corrected chi connectivity index (χ0v) is 13.6. The molecule has 3 aromatic heterocycles. The summed E-state index contributed by atoms with van der Waals surface area (Å²) >= 11 is 0. The highest BCUT2D eigenvalue weighted by Crippen LogP contribution is 2.34. The lowest BCUT2D eigenvalue weighted by molar-refractivity contribution is 0.0935. The van der Waals surface area contributed by atoms with E-state index in [9.17, 15) is 0 Å². The molecule has 1 N–H and O–H groups in total. The smallest absolute Gasteiger partial charge is 0.142 e. The summed E-state index contributed by atoms with van der Waals surface area (Å²) in [4.78, 5) is 14.3. The van der Waals surface area contributed by atoms with Crippen molar-refractivity contribution in [3.63, 3.8) is 0 Å². The maximum absolute atomic E-state index is 5.77. The van der Waals surface area contributed by atoms with Gasteiger partial charge in [-0.05, 0) is 19.9 Å². The fourth-order valence-electron chi connectivity index (χ4n) is 3.46. The van der Waals surface area contributed by atoms with E-state index in [2.05, 4.69) is 38.8 Å². The fraction of sp³-hybridized carbons (Fsp3) is 0.438. The summed E-state index contributed by atoms with van der Waals surface area (Å²) in [6, 6.07) is 2.14. The molecule has 3 aromatic rings. The lowest BCUT2D eigenvalue weighted by Crippen LogP contribution is -2.40. The molecule has 0 radical (unpaired) electrons. The zero-order chi connectivity index (χ0) is 16.0. The van der Waals surface area contributed by atoms with Gasteiger partial charge in [0.1, 0.15) is 17.8 Å². The highest BCUT2D eigenvalue weighted by molar-refractivity contribution is 5.87. The van der Waals surface area contributed by atoms with Crippen LogP contribution in [0.3, 0.4) is 0 Å². The molecule has 0 aromatic carbocycles. The Balaban J connectivity index is 1.84. The van der Waals surface area contributed by atoms with E-state index in [0.717, 1.165) is 29.1 Å². The highest BCUT2D eigenvalue weighted by atomic mass is 16.5. The predicted molar refractivity (Wildman–Crippen MR) is 87.5 cm³/mol. The Kier molecular flexibility index (Phi) is 3.30. The van der Waals surface area contributed by atoms with Gasteiger partial charge in [0, 0.05) is 31.0 Å². The van der Waals surface area contributed by atoms with Gasteiger partial charge in [0.25, 0.3) is 0 Å². The molecule has 1 atom stereocenters. The first-order valence-corrected chi connectivity index (χ1v) is 7.79. The predicted octanol–water partition coefficient (Wildman–Crippen LogP) is 1.89. The van der Waals surface area contributed by atoms with Crippen LogP contribution in [0.4, 0.5) is 5.82 Å². The van der Waals surface area contributed by atoms with Crippen molar-refractivity contribution in [1.82, 2.24) is 24.7 Å². The van der Waals surface area contributed by atoms with Gasteiger partial charge in [0.05, 0.1) is 30.3 Å². The van der Waals surface area contributed by atoms with Crippen LogP contribution in [0.5, 0.6) is 0 Å². The third kappa shape index (κ3) is 2.19. The van der Waals surface area contributed by atoms with Gasteiger partial charge in [-0.25, -0.2) is 9.97 Å². The summed E-state index contributed by atoms with van der Waals surface area (Å²) in [5.41, 5.74) is 4.31. The van der Waals surface area contributed by atoms with Crippen LogP contribution in [0.2, 0.25) is 0 Å². The molecule has 7 heteroatoms. The van der Waals surface area contributed by atoms with Crippen LogP contribution < -0.4 is 4.90 Å². The number of hydrogen-bond acceptors (Lipinski definition) is 5. The van der Waals surface area contributed by atoms with Crippen LogP contribution in [0.15, 0.2) is 18.6 Å². The van der Waals surface area contributed by atoms with Crippen LogP contribution in [-0.4, -0.2) is 44.5 Å². The molecule has 0 amide bonds. The van der Waals surface area contributed by atoms with E-state index in [0.29, 0.717) is 13.2 Å². The van der Waals surface area contributed by atoms with Crippen LogP contribution in [0, 0.1) is 13.8 Å². The van der Waals surface area contributed by atoms with Gasteiger partial charge in [-0.1, -0.05) is 0 Å².